The highest BCUT2D eigenvalue weighted by Crippen LogP contribution is 2.49. The molecule has 0 N–H and O–H groups in total. The highest BCUT2D eigenvalue weighted by Gasteiger charge is 2.25. The highest BCUT2D eigenvalue weighted by atomic mass is 15.2. The minimum atomic E-state index is 0.704. The number of hydrogen-bond donors (Lipinski definition) is 0. The van der Waals surface area contributed by atoms with E-state index in [1.54, 1.807) is 0 Å². The third kappa shape index (κ3) is 7.25. The van der Waals surface area contributed by atoms with E-state index in [9.17, 15) is 0 Å². The third-order valence-electron chi connectivity index (χ3n) is 14.0. The monoisotopic (exact) mass is 846 g/mol. The van der Waals surface area contributed by atoms with Crippen LogP contribution in [0.25, 0.3) is 82.8 Å². The zero-order chi connectivity index (χ0) is 43.8. The Hall–Kier alpha value is -7.94. The molecule has 1 aliphatic carbocycles. The molecule has 12 rings (SSSR count). The smallest absolute Gasteiger partial charge is 0.0561 e. The number of nitrogens with zero attached hydrogens (tertiary/aromatic N) is 2. The van der Waals surface area contributed by atoms with Crippen LogP contribution in [0.2, 0.25) is 0 Å². The van der Waals surface area contributed by atoms with Gasteiger partial charge in [0.2, 0.25) is 0 Å². The van der Waals surface area contributed by atoms with Crippen LogP contribution in [0, 0.1) is 0 Å². The topological polar surface area (TPSA) is 8.17 Å². The van der Waals surface area contributed by atoms with Gasteiger partial charge in [-0.3, -0.25) is 0 Å². The maximum Gasteiger partial charge on any atom is 0.0561 e. The Morgan fingerprint density at radius 2 is 0.939 bits per heavy atom. The van der Waals surface area contributed by atoms with Crippen molar-refractivity contribution in [1.29, 1.82) is 0 Å². The van der Waals surface area contributed by atoms with Crippen molar-refractivity contribution >= 4 is 49.6 Å². The first-order valence-electron chi connectivity index (χ1n) is 23.6. The Kier molecular flexibility index (Phi) is 10.3. The summed E-state index contributed by atoms with van der Waals surface area (Å²) in [4.78, 5) is 2.52. The van der Waals surface area contributed by atoms with Crippen LogP contribution in [0.1, 0.15) is 43.6 Å². The molecule has 1 heterocycles. The first kappa shape index (κ1) is 39.6. The maximum atomic E-state index is 2.52. The second-order valence-corrected chi connectivity index (χ2v) is 17.9. The zero-order valence-electron chi connectivity index (χ0n) is 37.0. The fourth-order valence-corrected chi connectivity index (χ4v) is 10.7. The van der Waals surface area contributed by atoms with Gasteiger partial charge in [-0.25, -0.2) is 0 Å². The lowest BCUT2D eigenvalue weighted by molar-refractivity contribution is 0.443. The average Bonchev–Trinajstić information content (AvgIpc) is 3.73. The quantitative estimate of drug-likeness (QED) is 0.140. The van der Waals surface area contributed by atoms with Gasteiger partial charge in [-0.05, 0) is 111 Å². The minimum Gasteiger partial charge on any atom is -0.309 e. The first-order chi connectivity index (χ1) is 32.7. The molecular formula is C64H50N2. The number of hydrogen-bond acceptors (Lipinski definition) is 1. The van der Waals surface area contributed by atoms with Crippen LogP contribution in [0.3, 0.4) is 0 Å². The Bertz CT molecular complexity index is 3470. The van der Waals surface area contributed by atoms with Gasteiger partial charge < -0.3 is 9.47 Å². The number of anilines is 3. The van der Waals surface area contributed by atoms with Crippen molar-refractivity contribution in [2.75, 3.05) is 4.90 Å². The summed E-state index contributed by atoms with van der Waals surface area (Å²) >= 11 is 0. The molecule has 0 bridgehead atoms. The molecule has 0 amide bonds. The Morgan fingerprint density at radius 3 is 1.67 bits per heavy atom. The fourth-order valence-electron chi connectivity index (χ4n) is 10.7. The van der Waals surface area contributed by atoms with E-state index in [4.69, 9.17) is 0 Å². The summed E-state index contributed by atoms with van der Waals surface area (Å²) in [6, 6.07) is 87.4. The van der Waals surface area contributed by atoms with Gasteiger partial charge in [-0.1, -0.05) is 213 Å². The van der Waals surface area contributed by atoms with Crippen molar-refractivity contribution in [2.45, 2.75) is 38.0 Å². The molecule has 316 valence electrons. The number of aromatic nitrogens is 1. The molecule has 0 unspecified atom stereocenters. The number of fused-ring (bicyclic) bond motifs is 4. The summed E-state index contributed by atoms with van der Waals surface area (Å²) < 4.78 is 2.46. The van der Waals surface area contributed by atoms with Gasteiger partial charge in [-0.15, -0.1) is 0 Å². The molecule has 1 fully saturated rings. The molecule has 10 aromatic carbocycles. The number of para-hydroxylation sites is 1. The summed E-state index contributed by atoms with van der Waals surface area (Å²) in [5, 5.41) is 4.88. The van der Waals surface area contributed by atoms with Crippen molar-refractivity contribution in [1.82, 2.24) is 4.57 Å². The molecule has 66 heavy (non-hydrogen) atoms. The van der Waals surface area contributed by atoms with Crippen LogP contribution in [0.5, 0.6) is 0 Å². The molecule has 0 atom stereocenters. The number of benzene rings is 10. The summed E-state index contributed by atoms with van der Waals surface area (Å²) in [7, 11) is 0. The molecule has 2 heteroatoms. The molecule has 1 saturated carbocycles. The minimum absolute atomic E-state index is 0.704. The van der Waals surface area contributed by atoms with E-state index in [1.807, 2.05) is 0 Å². The van der Waals surface area contributed by atoms with E-state index >= 15 is 0 Å². The van der Waals surface area contributed by atoms with Gasteiger partial charge in [0, 0.05) is 33.3 Å². The van der Waals surface area contributed by atoms with E-state index in [1.165, 1.54) is 92.5 Å². The van der Waals surface area contributed by atoms with Crippen LogP contribution >= 0.6 is 0 Å². The Labute approximate surface area is 387 Å². The summed E-state index contributed by atoms with van der Waals surface area (Å²) in [5.74, 6) is 0.704. The molecule has 1 aliphatic rings. The van der Waals surface area contributed by atoms with Gasteiger partial charge in [-0.2, -0.15) is 0 Å². The van der Waals surface area contributed by atoms with Crippen molar-refractivity contribution in [3.8, 4) is 50.2 Å². The largest absolute Gasteiger partial charge is 0.309 e. The second-order valence-electron chi connectivity index (χ2n) is 17.9. The Balaban J connectivity index is 1.08. The van der Waals surface area contributed by atoms with Crippen LogP contribution in [-0.4, -0.2) is 4.57 Å². The standard InChI is InChI=1S/C64H50N2/c1-5-17-45(18-6-1)47-29-31-48(32-30-47)49-33-37-54(38-34-49)65-60-28-16-15-27-58(60)59-41-39-55(44-63(59)65)66(61-42-36-51-23-13-14-26-57(51)64(61)52-24-11-4-12-25-52)62-43-53(46-19-7-2-8-20-46)35-40-56(62)50-21-9-3-10-22-50/h2-4,7-16,19-45H,1,5-6,17-18H2. The highest BCUT2D eigenvalue weighted by molar-refractivity contribution is 6.12. The summed E-state index contributed by atoms with van der Waals surface area (Å²) in [6.07, 6.45) is 6.72. The van der Waals surface area contributed by atoms with E-state index < -0.39 is 0 Å². The van der Waals surface area contributed by atoms with Gasteiger partial charge in [0.25, 0.3) is 0 Å². The predicted molar refractivity (Wildman–Crippen MR) is 281 cm³/mol. The second kappa shape index (κ2) is 17.2. The van der Waals surface area contributed by atoms with Gasteiger partial charge in [0.15, 0.2) is 0 Å². The van der Waals surface area contributed by atoms with E-state index in [0.717, 1.165) is 45.0 Å². The predicted octanol–water partition coefficient (Wildman–Crippen LogP) is 18.1. The molecule has 1 aromatic heterocycles. The van der Waals surface area contributed by atoms with Crippen molar-refractivity contribution in [3.05, 3.63) is 242 Å². The lowest BCUT2D eigenvalue weighted by Gasteiger charge is -2.31. The van der Waals surface area contributed by atoms with Gasteiger partial charge in [0.05, 0.1) is 22.4 Å². The van der Waals surface area contributed by atoms with Crippen LogP contribution in [0.15, 0.2) is 237 Å². The molecule has 11 aromatic rings. The van der Waals surface area contributed by atoms with E-state index in [-0.39, 0.29) is 0 Å². The fraction of sp³-hybridized carbons (Fsp3) is 0.0938. The third-order valence-corrected chi connectivity index (χ3v) is 14.0. The molecular weight excluding hydrogens is 797 g/mol. The van der Waals surface area contributed by atoms with Crippen LogP contribution in [-0.2, 0) is 0 Å². The van der Waals surface area contributed by atoms with Crippen molar-refractivity contribution in [3.63, 3.8) is 0 Å². The Morgan fingerprint density at radius 1 is 0.364 bits per heavy atom. The van der Waals surface area contributed by atoms with Gasteiger partial charge >= 0.3 is 0 Å². The lowest BCUT2D eigenvalue weighted by Crippen LogP contribution is -2.13. The van der Waals surface area contributed by atoms with Gasteiger partial charge in [0.1, 0.15) is 0 Å². The zero-order valence-corrected chi connectivity index (χ0v) is 37.0. The normalized spacial score (nSPS) is 13.1. The van der Waals surface area contributed by atoms with E-state index in [2.05, 4.69) is 246 Å². The molecule has 0 radical (unpaired) electrons. The van der Waals surface area contributed by atoms with Crippen LogP contribution < -0.4 is 4.90 Å². The molecule has 2 nitrogen and oxygen atoms in total. The van der Waals surface area contributed by atoms with Crippen molar-refractivity contribution in [2.24, 2.45) is 0 Å². The first-order valence-corrected chi connectivity index (χ1v) is 23.6. The SMILES string of the molecule is c1ccc(-c2ccc(-c3ccccc3)c(N(c3ccc4c5ccccc5n(-c5ccc(-c6ccc(C7CCCCC7)cc6)cc5)c4c3)c3ccc4ccccc4c3-c3ccccc3)c2)cc1. The summed E-state index contributed by atoms with van der Waals surface area (Å²) in [6.45, 7) is 0. The maximum absolute atomic E-state index is 2.52. The van der Waals surface area contributed by atoms with E-state index in [0.29, 0.717) is 5.92 Å². The molecule has 0 aliphatic heterocycles. The average molecular weight is 847 g/mol. The van der Waals surface area contributed by atoms with Crippen LogP contribution in [0.4, 0.5) is 17.1 Å². The number of rotatable bonds is 9. The molecule has 0 saturated heterocycles. The summed E-state index contributed by atoms with van der Waals surface area (Å²) in [5.41, 5.74) is 17.8. The molecule has 0 spiro atoms. The van der Waals surface area contributed by atoms with Crippen molar-refractivity contribution < 1.29 is 0 Å². The lowest BCUT2D eigenvalue weighted by atomic mass is 9.84.